The molecule has 1 amide bonds. The van der Waals surface area contributed by atoms with Crippen LogP contribution < -0.4 is 10.1 Å². The molecule has 0 radical (unpaired) electrons. The molecule has 0 atom stereocenters. The standard InChI is InChI=1S/C22H22N4O2S/c1-14(2)12-28-18-10-8-17(9-11-18)20(27)23-21-24-22-26(25-21)19(13-29-22)16-6-4-15(3)5-7-16/h4-11,13-14H,12H2,1-3H3,(H,23,25,27). The van der Waals surface area contributed by atoms with Crippen LogP contribution in [0.1, 0.15) is 29.8 Å². The Morgan fingerprint density at radius 1 is 1.14 bits per heavy atom. The van der Waals surface area contributed by atoms with E-state index in [2.05, 4.69) is 60.4 Å². The van der Waals surface area contributed by atoms with Gasteiger partial charge in [0.25, 0.3) is 11.9 Å². The number of carbonyl (C=O) groups is 1. The van der Waals surface area contributed by atoms with Gasteiger partial charge in [-0.15, -0.1) is 16.4 Å². The number of rotatable bonds is 6. The van der Waals surface area contributed by atoms with Crippen LogP contribution in [-0.4, -0.2) is 27.1 Å². The van der Waals surface area contributed by atoms with Gasteiger partial charge in [-0.2, -0.15) is 4.98 Å². The molecule has 29 heavy (non-hydrogen) atoms. The van der Waals surface area contributed by atoms with Gasteiger partial charge in [0.1, 0.15) is 5.75 Å². The molecule has 2 heterocycles. The highest BCUT2D eigenvalue weighted by Gasteiger charge is 2.14. The van der Waals surface area contributed by atoms with Crippen LogP contribution >= 0.6 is 11.3 Å². The number of amides is 1. The second-order valence-corrected chi connectivity index (χ2v) is 8.14. The molecule has 0 fully saturated rings. The molecule has 4 rings (SSSR count). The third kappa shape index (κ3) is 4.30. The Bertz CT molecular complexity index is 1130. The topological polar surface area (TPSA) is 68.5 Å². The first-order valence-corrected chi connectivity index (χ1v) is 10.3. The molecule has 0 saturated carbocycles. The number of thiazole rings is 1. The molecule has 0 spiro atoms. The van der Waals surface area contributed by atoms with E-state index >= 15 is 0 Å². The van der Waals surface area contributed by atoms with Crippen molar-refractivity contribution in [1.29, 1.82) is 0 Å². The summed E-state index contributed by atoms with van der Waals surface area (Å²) in [5.41, 5.74) is 3.73. The summed E-state index contributed by atoms with van der Waals surface area (Å²) in [6.07, 6.45) is 0. The van der Waals surface area contributed by atoms with E-state index in [1.807, 2.05) is 5.38 Å². The van der Waals surface area contributed by atoms with Crippen LogP contribution in [0, 0.1) is 12.8 Å². The summed E-state index contributed by atoms with van der Waals surface area (Å²) in [7, 11) is 0. The lowest BCUT2D eigenvalue weighted by molar-refractivity contribution is 0.102. The maximum atomic E-state index is 12.5. The van der Waals surface area contributed by atoms with Crippen LogP contribution in [0.25, 0.3) is 16.2 Å². The van der Waals surface area contributed by atoms with E-state index in [0.717, 1.165) is 22.0 Å². The van der Waals surface area contributed by atoms with Crippen molar-refractivity contribution in [3.05, 3.63) is 65.0 Å². The maximum Gasteiger partial charge on any atom is 0.258 e. The number of aromatic nitrogens is 3. The van der Waals surface area contributed by atoms with Gasteiger partial charge in [-0.1, -0.05) is 43.7 Å². The van der Waals surface area contributed by atoms with Crippen molar-refractivity contribution in [3.63, 3.8) is 0 Å². The summed E-state index contributed by atoms with van der Waals surface area (Å²) in [4.78, 5) is 17.7. The minimum absolute atomic E-state index is 0.254. The number of carbonyl (C=O) groups excluding carboxylic acids is 1. The predicted molar refractivity (Wildman–Crippen MR) is 116 cm³/mol. The van der Waals surface area contributed by atoms with Gasteiger partial charge in [-0.05, 0) is 37.1 Å². The average Bonchev–Trinajstić information content (AvgIpc) is 3.27. The fraction of sp³-hybridized carbons (Fsp3) is 0.227. The van der Waals surface area contributed by atoms with Gasteiger partial charge in [0, 0.05) is 16.5 Å². The number of ether oxygens (including phenoxy) is 1. The van der Waals surface area contributed by atoms with E-state index in [-0.39, 0.29) is 11.9 Å². The highest BCUT2D eigenvalue weighted by atomic mass is 32.1. The van der Waals surface area contributed by atoms with Gasteiger partial charge in [0.2, 0.25) is 4.96 Å². The van der Waals surface area contributed by atoms with Crippen molar-refractivity contribution in [2.45, 2.75) is 20.8 Å². The van der Waals surface area contributed by atoms with Gasteiger partial charge >= 0.3 is 0 Å². The fourth-order valence-corrected chi connectivity index (χ4v) is 3.63. The lowest BCUT2D eigenvalue weighted by Crippen LogP contribution is -2.13. The minimum atomic E-state index is -0.254. The SMILES string of the molecule is Cc1ccc(-c2csc3nc(NC(=O)c4ccc(OCC(C)C)cc4)nn23)cc1. The zero-order valence-electron chi connectivity index (χ0n) is 16.5. The van der Waals surface area contributed by atoms with Gasteiger partial charge in [-0.3, -0.25) is 10.1 Å². The van der Waals surface area contributed by atoms with E-state index in [0.29, 0.717) is 18.1 Å². The molecule has 0 aliphatic rings. The first-order valence-electron chi connectivity index (χ1n) is 9.45. The van der Waals surface area contributed by atoms with E-state index < -0.39 is 0 Å². The van der Waals surface area contributed by atoms with E-state index in [9.17, 15) is 4.79 Å². The van der Waals surface area contributed by atoms with Crippen molar-refractivity contribution in [2.24, 2.45) is 5.92 Å². The van der Waals surface area contributed by atoms with Crippen molar-refractivity contribution in [2.75, 3.05) is 11.9 Å². The van der Waals surface area contributed by atoms with Crippen LogP contribution in [0.2, 0.25) is 0 Å². The lowest BCUT2D eigenvalue weighted by Gasteiger charge is -2.09. The van der Waals surface area contributed by atoms with E-state index in [1.54, 1.807) is 28.8 Å². The Kier molecular flexibility index (Phi) is 5.31. The molecule has 0 saturated heterocycles. The Morgan fingerprint density at radius 2 is 1.86 bits per heavy atom. The highest BCUT2D eigenvalue weighted by Crippen LogP contribution is 2.26. The molecular formula is C22H22N4O2S. The summed E-state index contributed by atoms with van der Waals surface area (Å²) in [5, 5.41) is 9.25. The number of hydrogen-bond acceptors (Lipinski definition) is 5. The average molecular weight is 407 g/mol. The quantitative estimate of drug-likeness (QED) is 0.486. The zero-order valence-corrected chi connectivity index (χ0v) is 17.4. The minimum Gasteiger partial charge on any atom is -0.493 e. The van der Waals surface area contributed by atoms with Crippen LogP contribution in [-0.2, 0) is 0 Å². The maximum absolute atomic E-state index is 12.5. The number of nitrogens with one attached hydrogen (secondary N) is 1. The van der Waals surface area contributed by atoms with Crippen LogP contribution in [0.15, 0.2) is 53.9 Å². The Hall–Kier alpha value is -3.19. The smallest absolute Gasteiger partial charge is 0.258 e. The molecule has 0 aliphatic heterocycles. The summed E-state index contributed by atoms with van der Waals surface area (Å²) in [6.45, 7) is 6.88. The number of aryl methyl sites for hydroxylation is 1. The van der Waals surface area contributed by atoms with Gasteiger partial charge < -0.3 is 4.74 Å². The van der Waals surface area contributed by atoms with Crippen molar-refractivity contribution < 1.29 is 9.53 Å². The molecule has 4 aromatic rings. The Labute approximate surface area is 173 Å². The first kappa shape index (κ1) is 19.1. The molecule has 0 unspecified atom stereocenters. The van der Waals surface area contributed by atoms with Crippen LogP contribution in [0.3, 0.4) is 0 Å². The molecule has 6 nitrogen and oxygen atoms in total. The van der Waals surface area contributed by atoms with E-state index in [4.69, 9.17) is 4.74 Å². The Morgan fingerprint density at radius 3 is 2.55 bits per heavy atom. The second kappa shape index (κ2) is 8.05. The summed E-state index contributed by atoms with van der Waals surface area (Å²) < 4.78 is 7.41. The summed E-state index contributed by atoms with van der Waals surface area (Å²) in [5.74, 6) is 1.23. The Balaban J connectivity index is 1.49. The predicted octanol–water partition coefficient (Wildman–Crippen LogP) is 5.05. The number of hydrogen-bond donors (Lipinski definition) is 1. The van der Waals surface area contributed by atoms with Crippen LogP contribution in [0.4, 0.5) is 5.95 Å². The molecule has 1 N–H and O–H groups in total. The largest absolute Gasteiger partial charge is 0.493 e. The van der Waals surface area contributed by atoms with E-state index in [1.165, 1.54) is 16.9 Å². The van der Waals surface area contributed by atoms with Crippen LogP contribution in [0.5, 0.6) is 5.75 Å². The number of fused-ring (bicyclic) bond motifs is 1. The number of nitrogens with zero attached hydrogens (tertiary/aromatic N) is 3. The van der Waals surface area contributed by atoms with Gasteiger partial charge in [0.15, 0.2) is 0 Å². The van der Waals surface area contributed by atoms with Crippen molar-refractivity contribution in [3.8, 4) is 17.0 Å². The fourth-order valence-electron chi connectivity index (χ4n) is 2.80. The second-order valence-electron chi connectivity index (χ2n) is 7.30. The summed E-state index contributed by atoms with van der Waals surface area (Å²) in [6, 6.07) is 15.3. The lowest BCUT2D eigenvalue weighted by atomic mass is 10.1. The van der Waals surface area contributed by atoms with Crippen molar-refractivity contribution >= 4 is 28.2 Å². The third-order valence-electron chi connectivity index (χ3n) is 4.35. The molecule has 0 bridgehead atoms. The molecule has 0 aliphatic carbocycles. The highest BCUT2D eigenvalue weighted by molar-refractivity contribution is 7.15. The normalized spacial score (nSPS) is 11.2. The van der Waals surface area contributed by atoms with Crippen molar-refractivity contribution in [1.82, 2.24) is 14.6 Å². The number of anilines is 1. The molecular weight excluding hydrogens is 384 g/mol. The molecule has 7 heteroatoms. The molecule has 2 aromatic heterocycles. The molecule has 148 valence electrons. The van der Waals surface area contributed by atoms with Gasteiger partial charge in [-0.25, -0.2) is 4.52 Å². The number of benzene rings is 2. The summed E-state index contributed by atoms with van der Waals surface area (Å²) >= 11 is 1.49. The third-order valence-corrected chi connectivity index (χ3v) is 5.17. The zero-order chi connectivity index (χ0) is 20.4. The van der Waals surface area contributed by atoms with Gasteiger partial charge in [0.05, 0.1) is 12.3 Å². The monoisotopic (exact) mass is 406 g/mol. The first-order chi connectivity index (χ1) is 14.0. The molecule has 2 aromatic carbocycles.